The number of benzene rings is 1. The Morgan fingerprint density at radius 3 is 2.59 bits per heavy atom. The van der Waals surface area contributed by atoms with Crippen molar-refractivity contribution in [2.45, 2.75) is 19.8 Å². The summed E-state index contributed by atoms with van der Waals surface area (Å²) in [5, 5.41) is 1.01. The number of para-hydroxylation sites is 1. The van der Waals surface area contributed by atoms with Gasteiger partial charge in [0.25, 0.3) is 0 Å². The second kappa shape index (κ2) is 4.62. The molecule has 0 aliphatic carbocycles. The van der Waals surface area contributed by atoms with E-state index in [0.29, 0.717) is 5.76 Å². The molecule has 17 heavy (non-hydrogen) atoms. The maximum Gasteiger partial charge on any atom is 0.316 e. The Hall–Kier alpha value is -1.77. The molecule has 0 saturated heterocycles. The molecule has 90 valence electrons. The van der Waals surface area contributed by atoms with Crippen molar-refractivity contribution in [1.82, 2.24) is 0 Å². The molecule has 0 spiro atoms. The highest BCUT2D eigenvalue weighted by Gasteiger charge is 2.28. The standard InChI is InChI=1S/C14H16O3/c1-9(2)13(14(15)16-3)12-8-10-6-4-5-7-11(10)17-12/h4-9,13H,1-3H3. The van der Waals surface area contributed by atoms with E-state index >= 15 is 0 Å². The summed E-state index contributed by atoms with van der Waals surface area (Å²) >= 11 is 0. The number of hydrogen-bond acceptors (Lipinski definition) is 3. The van der Waals surface area contributed by atoms with Gasteiger partial charge in [-0.2, -0.15) is 0 Å². The fraction of sp³-hybridized carbons (Fsp3) is 0.357. The van der Waals surface area contributed by atoms with Gasteiger partial charge < -0.3 is 9.15 Å². The van der Waals surface area contributed by atoms with Crippen LogP contribution >= 0.6 is 0 Å². The fourth-order valence-corrected chi connectivity index (χ4v) is 2.00. The van der Waals surface area contributed by atoms with Gasteiger partial charge >= 0.3 is 5.97 Å². The predicted octanol–water partition coefficient (Wildman–Crippen LogP) is 3.35. The van der Waals surface area contributed by atoms with Crippen molar-refractivity contribution < 1.29 is 13.9 Å². The van der Waals surface area contributed by atoms with Crippen LogP contribution < -0.4 is 0 Å². The first-order valence-corrected chi connectivity index (χ1v) is 5.69. The summed E-state index contributed by atoms with van der Waals surface area (Å²) in [4.78, 5) is 11.7. The Balaban J connectivity index is 2.45. The maximum absolute atomic E-state index is 11.7. The van der Waals surface area contributed by atoms with E-state index in [9.17, 15) is 4.79 Å². The number of ether oxygens (including phenoxy) is 1. The monoisotopic (exact) mass is 232 g/mol. The van der Waals surface area contributed by atoms with Crippen LogP contribution in [0, 0.1) is 5.92 Å². The first kappa shape index (κ1) is 11.7. The zero-order valence-electron chi connectivity index (χ0n) is 10.3. The average Bonchev–Trinajstić information content (AvgIpc) is 2.71. The van der Waals surface area contributed by atoms with Gasteiger partial charge in [0.2, 0.25) is 0 Å². The number of esters is 1. The molecule has 1 aromatic heterocycles. The van der Waals surface area contributed by atoms with Gasteiger partial charge in [-0.15, -0.1) is 0 Å². The second-order valence-corrected chi connectivity index (χ2v) is 4.43. The number of carbonyl (C=O) groups excluding carboxylic acids is 1. The molecule has 0 radical (unpaired) electrons. The molecule has 0 fully saturated rings. The maximum atomic E-state index is 11.7. The lowest BCUT2D eigenvalue weighted by Crippen LogP contribution is -2.18. The fourth-order valence-electron chi connectivity index (χ4n) is 2.00. The van der Waals surface area contributed by atoms with E-state index in [-0.39, 0.29) is 17.8 Å². The summed E-state index contributed by atoms with van der Waals surface area (Å²) < 4.78 is 10.5. The van der Waals surface area contributed by atoms with E-state index in [1.807, 2.05) is 44.2 Å². The van der Waals surface area contributed by atoms with Crippen LogP contribution in [0.2, 0.25) is 0 Å². The molecule has 0 saturated carbocycles. The molecule has 2 rings (SSSR count). The van der Waals surface area contributed by atoms with Crippen LogP contribution in [0.25, 0.3) is 11.0 Å². The molecule has 1 heterocycles. The van der Waals surface area contributed by atoms with Crippen LogP contribution in [0.4, 0.5) is 0 Å². The lowest BCUT2D eigenvalue weighted by atomic mass is 9.93. The molecule has 1 atom stereocenters. The molecule has 0 N–H and O–H groups in total. The quantitative estimate of drug-likeness (QED) is 0.762. The zero-order valence-corrected chi connectivity index (χ0v) is 10.3. The topological polar surface area (TPSA) is 39.4 Å². The van der Waals surface area contributed by atoms with Gasteiger partial charge in [-0.05, 0) is 18.1 Å². The van der Waals surface area contributed by atoms with Gasteiger partial charge in [0, 0.05) is 5.39 Å². The molecule has 3 nitrogen and oxygen atoms in total. The minimum absolute atomic E-state index is 0.142. The molecular formula is C14H16O3. The van der Waals surface area contributed by atoms with Gasteiger partial charge in [-0.3, -0.25) is 4.79 Å². The minimum Gasteiger partial charge on any atom is -0.468 e. The smallest absolute Gasteiger partial charge is 0.316 e. The van der Waals surface area contributed by atoms with Crippen molar-refractivity contribution in [2.24, 2.45) is 5.92 Å². The largest absolute Gasteiger partial charge is 0.468 e. The number of hydrogen-bond donors (Lipinski definition) is 0. The summed E-state index contributed by atoms with van der Waals surface area (Å²) in [5.41, 5.74) is 0.803. The third kappa shape index (κ3) is 2.18. The van der Waals surface area contributed by atoms with Gasteiger partial charge in [-0.1, -0.05) is 32.0 Å². The van der Waals surface area contributed by atoms with Crippen LogP contribution in [0.5, 0.6) is 0 Å². The van der Waals surface area contributed by atoms with Crippen molar-refractivity contribution in [1.29, 1.82) is 0 Å². The van der Waals surface area contributed by atoms with Gasteiger partial charge in [0.05, 0.1) is 7.11 Å². The van der Waals surface area contributed by atoms with Crippen molar-refractivity contribution >= 4 is 16.9 Å². The van der Waals surface area contributed by atoms with E-state index in [1.165, 1.54) is 7.11 Å². The summed E-state index contributed by atoms with van der Waals surface area (Å²) in [7, 11) is 1.40. The van der Waals surface area contributed by atoms with Crippen molar-refractivity contribution in [2.75, 3.05) is 7.11 Å². The first-order chi connectivity index (χ1) is 8.13. The van der Waals surface area contributed by atoms with Gasteiger partial charge in [0.1, 0.15) is 17.3 Å². The van der Waals surface area contributed by atoms with E-state index in [4.69, 9.17) is 9.15 Å². The Bertz CT molecular complexity index is 492. The lowest BCUT2D eigenvalue weighted by Gasteiger charge is -2.15. The Morgan fingerprint density at radius 2 is 2.00 bits per heavy atom. The van der Waals surface area contributed by atoms with E-state index in [2.05, 4.69) is 0 Å². The average molecular weight is 232 g/mol. The molecule has 1 unspecified atom stereocenters. The van der Waals surface area contributed by atoms with E-state index in [0.717, 1.165) is 11.0 Å². The predicted molar refractivity (Wildman–Crippen MR) is 65.8 cm³/mol. The summed E-state index contributed by atoms with van der Waals surface area (Å²) in [6.45, 7) is 3.96. The molecule has 0 aliphatic heterocycles. The van der Waals surface area contributed by atoms with Gasteiger partial charge in [-0.25, -0.2) is 0 Å². The van der Waals surface area contributed by atoms with Crippen molar-refractivity contribution in [3.8, 4) is 0 Å². The lowest BCUT2D eigenvalue weighted by molar-refractivity contribution is -0.144. The first-order valence-electron chi connectivity index (χ1n) is 5.69. The molecular weight excluding hydrogens is 216 g/mol. The van der Waals surface area contributed by atoms with Crippen LogP contribution in [-0.4, -0.2) is 13.1 Å². The summed E-state index contributed by atoms with van der Waals surface area (Å²) in [6, 6.07) is 9.64. The number of furan rings is 1. The van der Waals surface area contributed by atoms with Crippen LogP contribution in [0.3, 0.4) is 0 Å². The molecule has 0 bridgehead atoms. The number of methoxy groups -OCH3 is 1. The summed E-state index contributed by atoms with van der Waals surface area (Å²) in [6.07, 6.45) is 0. The zero-order chi connectivity index (χ0) is 12.4. The second-order valence-electron chi connectivity index (χ2n) is 4.43. The Labute approximate surface area is 100 Å². The molecule has 1 aromatic carbocycles. The van der Waals surface area contributed by atoms with Crippen LogP contribution in [0.1, 0.15) is 25.5 Å². The Kier molecular flexibility index (Phi) is 3.18. The molecule has 0 amide bonds. The van der Waals surface area contributed by atoms with Crippen molar-refractivity contribution in [3.63, 3.8) is 0 Å². The third-order valence-corrected chi connectivity index (χ3v) is 2.87. The number of fused-ring (bicyclic) bond motifs is 1. The van der Waals surface area contributed by atoms with Gasteiger partial charge in [0.15, 0.2) is 0 Å². The Morgan fingerprint density at radius 1 is 1.29 bits per heavy atom. The van der Waals surface area contributed by atoms with Crippen LogP contribution in [0.15, 0.2) is 34.7 Å². The van der Waals surface area contributed by atoms with Crippen molar-refractivity contribution in [3.05, 3.63) is 36.1 Å². The highest BCUT2D eigenvalue weighted by molar-refractivity contribution is 5.82. The normalized spacial score (nSPS) is 12.9. The highest BCUT2D eigenvalue weighted by Crippen LogP contribution is 2.30. The minimum atomic E-state index is -0.340. The molecule has 3 heteroatoms. The third-order valence-electron chi connectivity index (χ3n) is 2.87. The van der Waals surface area contributed by atoms with E-state index < -0.39 is 0 Å². The number of rotatable bonds is 3. The summed E-state index contributed by atoms with van der Waals surface area (Å²) in [5.74, 6) is 0.225. The van der Waals surface area contributed by atoms with E-state index in [1.54, 1.807) is 0 Å². The molecule has 0 aliphatic rings. The number of carbonyl (C=O) groups is 1. The molecule has 2 aromatic rings. The highest BCUT2D eigenvalue weighted by atomic mass is 16.5. The van der Waals surface area contributed by atoms with Crippen LogP contribution in [-0.2, 0) is 9.53 Å². The SMILES string of the molecule is COC(=O)C(c1cc2ccccc2o1)C(C)C.